The molecule has 1 aliphatic rings. The minimum atomic E-state index is -0.887. The van der Waals surface area contributed by atoms with Crippen molar-refractivity contribution in [1.82, 2.24) is 9.13 Å². The van der Waals surface area contributed by atoms with E-state index in [-0.39, 0.29) is 13.0 Å². The monoisotopic (exact) mass is 442 g/mol. The van der Waals surface area contributed by atoms with E-state index in [2.05, 4.69) is 18.2 Å². The fourth-order valence-electron chi connectivity index (χ4n) is 5.08. The van der Waals surface area contributed by atoms with E-state index in [4.69, 9.17) is 4.74 Å². The average Bonchev–Trinajstić information content (AvgIpc) is 3.21. The Kier molecular flexibility index (Phi) is 4.42. The van der Waals surface area contributed by atoms with Crippen molar-refractivity contribution in [3.8, 4) is 5.69 Å². The van der Waals surface area contributed by atoms with Gasteiger partial charge in [-0.3, -0.25) is 9.36 Å². The quantitative estimate of drug-likeness (QED) is 0.419. The summed E-state index contributed by atoms with van der Waals surface area (Å²) in [5.74, 6) is 0. The molecule has 1 unspecified atom stereocenters. The van der Waals surface area contributed by atoms with E-state index in [0.29, 0.717) is 11.3 Å². The third-order valence-electron chi connectivity index (χ3n) is 6.73. The summed E-state index contributed by atoms with van der Waals surface area (Å²) >= 11 is 0. The van der Waals surface area contributed by atoms with Gasteiger partial charge >= 0.3 is 5.69 Å². The smallest absolute Gasteiger partial charge is 0.337 e. The second-order valence-corrected chi connectivity index (χ2v) is 8.70. The predicted molar refractivity (Wildman–Crippen MR) is 126 cm³/mol. The second-order valence-electron chi connectivity index (χ2n) is 8.70. The van der Waals surface area contributed by atoms with Crippen LogP contribution in [0.5, 0.6) is 0 Å². The number of aromatic nitrogens is 2. The van der Waals surface area contributed by atoms with Crippen molar-refractivity contribution in [1.29, 1.82) is 0 Å². The van der Waals surface area contributed by atoms with Crippen molar-refractivity contribution in [3.05, 3.63) is 87.2 Å². The first-order chi connectivity index (χ1) is 16.0. The van der Waals surface area contributed by atoms with Crippen molar-refractivity contribution >= 4 is 32.3 Å². The number of aliphatic hydroxyl groups is 2. The van der Waals surface area contributed by atoms with Crippen molar-refractivity contribution in [2.45, 2.75) is 31.8 Å². The fraction of sp³-hybridized carbons (Fsp3) is 0.231. The summed E-state index contributed by atoms with van der Waals surface area (Å²) in [5.41, 5.74) is -0.0590. The summed E-state index contributed by atoms with van der Waals surface area (Å²) in [6.07, 6.45) is -0.801. The molecular formula is C26H22N2O5. The van der Waals surface area contributed by atoms with Crippen LogP contribution in [0.1, 0.15) is 18.2 Å². The fourth-order valence-corrected chi connectivity index (χ4v) is 5.08. The molecule has 0 aliphatic carbocycles. The first kappa shape index (κ1) is 20.1. The predicted octanol–water partition coefficient (Wildman–Crippen LogP) is 2.85. The lowest BCUT2D eigenvalue weighted by Gasteiger charge is -2.19. The lowest BCUT2D eigenvalue weighted by Crippen LogP contribution is -2.41. The normalized spacial score (nSPS) is 21.0. The Morgan fingerprint density at radius 1 is 0.970 bits per heavy atom. The highest BCUT2D eigenvalue weighted by Crippen LogP contribution is 2.36. The maximum atomic E-state index is 13.6. The zero-order chi connectivity index (χ0) is 22.9. The Bertz CT molecular complexity index is 1640. The molecular weight excluding hydrogens is 420 g/mol. The first-order valence-corrected chi connectivity index (χ1v) is 10.9. The Morgan fingerprint density at radius 2 is 1.64 bits per heavy atom. The van der Waals surface area contributed by atoms with Crippen LogP contribution in [0.25, 0.3) is 38.0 Å². The molecule has 0 saturated carbocycles. The lowest BCUT2D eigenvalue weighted by molar-refractivity contribution is -0.0461. The summed E-state index contributed by atoms with van der Waals surface area (Å²) < 4.78 is 8.23. The van der Waals surface area contributed by atoms with Crippen LogP contribution in [0.15, 0.2) is 70.4 Å². The van der Waals surface area contributed by atoms with Crippen LogP contribution in [0.4, 0.5) is 0 Å². The number of nitrogens with zero attached hydrogens (tertiary/aromatic N) is 2. The maximum Gasteiger partial charge on any atom is 0.337 e. The lowest BCUT2D eigenvalue weighted by atomic mass is 9.93. The molecule has 1 fully saturated rings. The minimum absolute atomic E-state index is 0.154. The van der Waals surface area contributed by atoms with E-state index in [1.807, 2.05) is 30.3 Å². The van der Waals surface area contributed by atoms with Gasteiger partial charge in [0.05, 0.1) is 18.4 Å². The molecule has 1 aromatic heterocycles. The first-order valence-electron chi connectivity index (χ1n) is 10.9. The van der Waals surface area contributed by atoms with Gasteiger partial charge in [0.25, 0.3) is 5.56 Å². The minimum Gasteiger partial charge on any atom is -0.394 e. The van der Waals surface area contributed by atoms with Gasteiger partial charge in [-0.05, 0) is 39.9 Å². The van der Waals surface area contributed by atoms with Crippen LogP contribution in [0.3, 0.4) is 0 Å². The third kappa shape index (κ3) is 2.87. The molecule has 2 N–H and O–H groups in total. The molecule has 0 bridgehead atoms. The molecule has 7 nitrogen and oxygen atoms in total. The van der Waals surface area contributed by atoms with E-state index in [1.165, 1.54) is 15.3 Å². The van der Waals surface area contributed by atoms with Gasteiger partial charge in [-0.25, -0.2) is 9.36 Å². The number of aliphatic hydroxyl groups excluding tert-OH is 2. The standard InChI is InChI=1S/C26H22N2O5/c1-14-12-27(22-11-20(30)21(13-29)33-22)26(32)28(25(14)31)19-10-8-17-6-5-15-3-2-4-16-7-9-18(19)24(17)23(15)16/h2-10,12,20-22,29-30H,11,13H2,1H3/t20?,21-,22-/m1/s1. The molecule has 0 amide bonds. The average molecular weight is 442 g/mol. The van der Waals surface area contributed by atoms with E-state index in [1.54, 1.807) is 13.0 Å². The summed E-state index contributed by atoms with van der Waals surface area (Å²) in [5, 5.41) is 25.7. The van der Waals surface area contributed by atoms with Crippen molar-refractivity contribution in [2.75, 3.05) is 6.61 Å². The summed E-state index contributed by atoms with van der Waals surface area (Å²) in [6.45, 7) is 1.31. The topological polar surface area (TPSA) is 93.7 Å². The Balaban J connectivity index is 1.64. The third-order valence-corrected chi connectivity index (χ3v) is 6.73. The van der Waals surface area contributed by atoms with Crippen molar-refractivity contribution in [3.63, 3.8) is 0 Å². The molecule has 0 radical (unpaired) electrons. The highest BCUT2D eigenvalue weighted by atomic mass is 16.5. The number of benzene rings is 4. The molecule has 166 valence electrons. The molecule has 4 aromatic carbocycles. The highest BCUT2D eigenvalue weighted by molar-refractivity contribution is 6.24. The van der Waals surface area contributed by atoms with Gasteiger partial charge in [0.2, 0.25) is 0 Å². The second kappa shape index (κ2) is 7.25. The van der Waals surface area contributed by atoms with E-state index in [0.717, 1.165) is 32.3 Å². The molecule has 3 atom stereocenters. The van der Waals surface area contributed by atoms with Crippen LogP contribution in [0, 0.1) is 6.92 Å². The number of hydrogen-bond acceptors (Lipinski definition) is 5. The number of hydrogen-bond donors (Lipinski definition) is 2. The van der Waals surface area contributed by atoms with Crippen molar-refractivity contribution < 1.29 is 14.9 Å². The Morgan fingerprint density at radius 3 is 2.33 bits per heavy atom. The van der Waals surface area contributed by atoms with Crippen LogP contribution < -0.4 is 11.2 Å². The van der Waals surface area contributed by atoms with Crippen LogP contribution >= 0.6 is 0 Å². The molecule has 33 heavy (non-hydrogen) atoms. The molecule has 2 heterocycles. The van der Waals surface area contributed by atoms with Crippen LogP contribution in [0.2, 0.25) is 0 Å². The van der Waals surface area contributed by atoms with Crippen LogP contribution in [-0.2, 0) is 4.74 Å². The SMILES string of the molecule is Cc1cn([C@H]2CC(O)[C@@H](CO)O2)c(=O)n(-c2ccc3ccc4cccc5ccc2c3c45)c1=O. The van der Waals surface area contributed by atoms with Gasteiger partial charge in [-0.1, -0.05) is 48.5 Å². The van der Waals surface area contributed by atoms with E-state index in [9.17, 15) is 19.8 Å². The molecule has 1 aliphatic heterocycles. The Labute approximate surface area is 188 Å². The summed E-state index contributed by atoms with van der Waals surface area (Å²) in [6, 6.07) is 18.0. The Hall–Kier alpha value is -3.52. The van der Waals surface area contributed by atoms with Gasteiger partial charge in [-0.15, -0.1) is 0 Å². The van der Waals surface area contributed by atoms with Gasteiger partial charge in [0, 0.05) is 23.6 Å². The largest absolute Gasteiger partial charge is 0.394 e. The van der Waals surface area contributed by atoms with Gasteiger partial charge in [0.1, 0.15) is 12.3 Å². The number of aryl methyl sites for hydroxylation is 1. The zero-order valence-corrected chi connectivity index (χ0v) is 17.9. The zero-order valence-electron chi connectivity index (χ0n) is 17.9. The van der Waals surface area contributed by atoms with Crippen molar-refractivity contribution in [2.24, 2.45) is 0 Å². The van der Waals surface area contributed by atoms with E-state index >= 15 is 0 Å². The van der Waals surface area contributed by atoms with Gasteiger partial charge in [0.15, 0.2) is 0 Å². The molecule has 0 spiro atoms. The highest BCUT2D eigenvalue weighted by Gasteiger charge is 2.35. The number of ether oxygens (including phenoxy) is 1. The molecule has 6 rings (SSSR count). The van der Waals surface area contributed by atoms with Gasteiger partial charge in [-0.2, -0.15) is 0 Å². The van der Waals surface area contributed by atoms with E-state index < -0.39 is 29.7 Å². The molecule has 1 saturated heterocycles. The molecule has 7 heteroatoms. The number of rotatable bonds is 3. The van der Waals surface area contributed by atoms with Crippen LogP contribution in [-0.4, -0.2) is 38.2 Å². The molecule has 5 aromatic rings. The summed E-state index contributed by atoms with van der Waals surface area (Å²) in [4.78, 5) is 26.8. The van der Waals surface area contributed by atoms with Gasteiger partial charge < -0.3 is 14.9 Å². The summed E-state index contributed by atoms with van der Waals surface area (Å²) in [7, 11) is 0. The maximum absolute atomic E-state index is 13.6.